The molecule has 0 saturated carbocycles. The maximum atomic E-state index is 13.3. The van der Waals surface area contributed by atoms with Crippen molar-refractivity contribution < 1.29 is 13.9 Å². The Kier molecular flexibility index (Phi) is 3.78. The van der Waals surface area contributed by atoms with Crippen LogP contribution in [0.3, 0.4) is 0 Å². The zero-order valence-electron chi connectivity index (χ0n) is 9.75. The van der Waals surface area contributed by atoms with Gasteiger partial charge in [-0.15, -0.1) is 0 Å². The van der Waals surface area contributed by atoms with Gasteiger partial charge in [0.15, 0.2) is 6.04 Å². The first-order chi connectivity index (χ1) is 8.72. The number of alkyl halides is 1. The zero-order valence-corrected chi connectivity index (χ0v) is 9.75. The molecule has 1 heterocycles. The molecule has 18 heavy (non-hydrogen) atoms. The second-order valence-electron chi connectivity index (χ2n) is 4.11. The first kappa shape index (κ1) is 12.4. The van der Waals surface area contributed by atoms with Crippen molar-refractivity contribution in [3.8, 4) is 6.07 Å². The Morgan fingerprint density at radius 3 is 2.89 bits per heavy atom. The summed E-state index contributed by atoms with van der Waals surface area (Å²) in [5, 5.41) is 8.80. The largest absolute Gasteiger partial charge is 0.445 e. The highest BCUT2D eigenvalue weighted by molar-refractivity contribution is 5.69. The van der Waals surface area contributed by atoms with Gasteiger partial charge in [0.2, 0.25) is 0 Å². The third-order valence-corrected chi connectivity index (χ3v) is 2.90. The molecule has 2 unspecified atom stereocenters. The zero-order chi connectivity index (χ0) is 13.0. The van der Waals surface area contributed by atoms with Gasteiger partial charge in [-0.2, -0.15) is 5.26 Å². The van der Waals surface area contributed by atoms with Gasteiger partial charge in [0.25, 0.3) is 0 Å². The average Bonchev–Trinajstić information content (AvgIpc) is 2.78. The molecule has 1 aromatic rings. The average molecular weight is 248 g/mol. The third kappa shape index (κ3) is 2.59. The van der Waals surface area contributed by atoms with Crippen LogP contribution >= 0.6 is 0 Å². The molecule has 1 amide bonds. The van der Waals surface area contributed by atoms with Crippen LogP contribution < -0.4 is 0 Å². The van der Waals surface area contributed by atoms with Crippen LogP contribution in [0.4, 0.5) is 9.18 Å². The van der Waals surface area contributed by atoms with E-state index in [0.717, 1.165) is 10.5 Å². The third-order valence-electron chi connectivity index (χ3n) is 2.90. The number of benzene rings is 1. The molecule has 0 N–H and O–H groups in total. The predicted molar refractivity (Wildman–Crippen MR) is 62.2 cm³/mol. The number of rotatable bonds is 2. The molecule has 1 saturated heterocycles. The van der Waals surface area contributed by atoms with E-state index in [9.17, 15) is 9.18 Å². The van der Waals surface area contributed by atoms with Gasteiger partial charge in [-0.05, 0) is 12.0 Å². The van der Waals surface area contributed by atoms with Gasteiger partial charge in [-0.3, -0.25) is 4.90 Å². The number of amides is 1. The number of nitrogens with zero attached hydrogens (tertiary/aromatic N) is 2. The molecule has 0 bridgehead atoms. The molecular weight excluding hydrogens is 235 g/mol. The number of hydrogen-bond donors (Lipinski definition) is 0. The molecule has 4 nitrogen and oxygen atoms in total. The summed E-state index contributed by atoms with van der Waals surface area (Å²) in [6.45, 7) is 0.359. The molecule has 5 heteroatoms. The van der Waals surface area contributed by atoms with Crippen LogP contribution in [0.2, 0.25) is 0 Å². The molecule has 1 fully saturated rings. The predicted octanol–water partition coefficient (Wildman–Crippen LogP) is 2.26. The highest BCUT2D eigenvalue weighted by Gasteiger charge is 2.38. The summed E-state index contributed by atoms with van der Waals surface area (Å²) in [7, 11) is 0. The van der Waals surface area contributed by atoms with Crippen molar-refractivity contribution in [2.75, 3.05) is 6.54 Å². The van der Waals surface area contributed by atoms with E-state index in [0.29, 0.717) is 0 Å². The number of nitriles is 1. The molecular formula is C13H13FN2O2. The van der Waals surface area contributed by atoms with Gasteiger partial charge >= 0.3 is 6.09 Å². The van der Waals surface area contributed by atoms with Gasteiger partial charge in [-0.1, -0.05) is 30.3 Å². The molecule has 0 radical (unpaired) electrons. The van der Waals surface area contributed by atoms with Crippen LogP contribution in [0.5, 0.6) is 0 Å². The summed E-state index contributed by atoms with van der Waals surface area (Å²) < 4.78 is 18.4. The van der Waals surface area contributed by atoms with Crippen molar-refractivity contribution in [2.45, 2.75) is 25.2 Å². The number of likely N-dealkylation sites (tertiary alicyclic amines) is 1. The SMILES string of the molecule is N#CC1C(F)CCN1C(=O)OCc1ccccc1. The Balaban J connectivity index is 1.91. The highest BCUT2D eigenvalue weighted by atomic mass is 19.1. The van der Waals surface area contributed by atoms with Crippen molar-refractivity contribution in [3.05, 3.63) is 35.9 Å². The molecule has 1 aromatic carbocycles. The van der Waals surface area contributed by atoms with E-state index in [1.54, 1.807) is 6.07 Å². The lowest BCUT2D eigenvalue weighted by Crippen LogP contribution is -2.37. The number of halogens is 1. The van der Waals surface area contributed by atoms with Crippen molar-refractivity contribution in [2.24, 2.45) is 0 Å². The summed E-state index contributed by atoms with van der Waals surface area (Å²) in [4.78, 5) is 12.9. The Morgan fingerprint density at radius 1 is 1.50 bits per heavy atom. The lowest BCUT2D eigenvalue weighted by Gasteiger charge is -2.19. The molecule has 2 atom stereocenters. The van der Waals surface area contributed by atoms with E-state index in [4.69, 9.17) is 10.00 Å². The van der Waals surface area contributed by atoms with Crippen LogP contribution in [0.25, 0.3) is 0 Å². The summed E-state index contributed by atoms with van der Waals surface area (Å²) >= 11 is 0. The molecule has 0 aliphatic carbocycles. The minimum absolute atomic E-state index is 0.130. The minimum atomic E-state index is -1.28. The van der Waals surface area contributed by atoms with Gasteiger partial charge in [0.05, 0.1) is 6.07 Å². The molecule has 0 aromatic heterocycles. The normalized spacial score (nSPS) is 22.6. The van der Waals surface area contributed by atoms with Crippen molar-refractivity contribution in [1.82, 2.24) is 4.90 Å². The molecule has 2 rings (SSSR count). The minimum Gasteiger partial charge on any atom is -0.445 e. The van der Waals surface area contributed by atoms with E-state index in [2.05, 4.69) is 0 Å². The first-order valence-electron chi connectivity index (χ1n) is 5.73. The van der Waals surface area contributed by atoms with Crippen molar-refractivity contribution >= 4 is 6.09 Å². The molecule has 1 aliphatic heterocycles. The second-order valence-corrected chi connectivity index (χ2v) is 4.11. The van der Waals surface area contributed by atoms with E-state index in [1.807, 2.05) is 30.3 Å². The Bertz CT molecular complexity index is 458. The van der Waals surface area contributed by atoms with E-state index in [1.165, 1.54) is 0 Å². The Morgan fingerprint density at radius 2 is 2.22 bits per heavy atom. The summed E-state index contributed by atoms with van der Waals surface area (Å²) in [5.41, 5.74) is 0.857. The van der Waals surface area contributed by atoms with Crippen molar-refractivity contribution in [3.63, 3.8) is 0 Å². The fourth-order valence-corrected chi connectivity index (χ4v) is 1.91. The standard InChI is InChI=1S/C13H13FN2O2/c14-11-6-7-16(12(11)8-15)13(17)18-9-10-4-2-1-3-5-10/h1-5,11-12H,6-7,9H2. The van der Waals surface area contributed by atoms with Crippen LogP contribution in [0.15, 0.2) is 30.3 Å². The summed E-state index contributed by atoms with van der Waals surface area (Å²) in [5.74, 6) is 0. The lowest BCUT2D eigenvalue weighted by atomic mass is 10.2. The van der Waals surface area contributed by atoms with E-state index in [-0.39, 0.29) is 19.6 Å². The number of carbonyl (C=O) groups is 1. The van der Waals surface area contributed by atoms with Crippen molar-refractivity contribution in [1.29, 1.82) is 5.26 Å². The maximum absolute atomic E-state index is 13.3. The van der Waals surface area contributed by atoms with Crippen LogP contribution in [0.1, 0.15) is 12.0 Å². The fraction of sp³-hybridized carbons (Fsp3) is 0.385. The van der Waals surface area contributed by atoms with E-state index < -0.39 is 18.3 Å². The second kappa shape index (κ2) is 5.50. The van der Waals surface area contributed by atoms with Gasteiger partial charge in [-0.25, -0.2) is 9.18 Å². The van der Waals surface area contributed by atoms with E-state index >= 15 is 0 Å². The summed E-state index contributed by atoms with van der Waals surface area (Å²) in [6, 6.07) is 9.98. The number of carbonyl (C=O) groups excluding carboxylic acids is 1. The topological polar surface area (TPSA) is 53.3 Å². The van der Waals surface area contributed by atoms with Crippen LogP contribution in [-0.2, 0) is 11.3 Å². The van der Waals surface area contributed by atoms with Gasteiger partial charge in [0.1, 0.15) is 12.8 Å². The quantitative estimate of drug-likeness (QED) is 0.806. The maximum Gasteiger partial charge on any atom is 0.411 e. The first-order valence-corrected chi connectivity index (χ1v) is 5.73. The Hall–Kier alpha value is -2.09. The molecule has 94 valence electrons. The van der Waals surface area contributed by atoms with Crippen LogP contribution in [-0.4, -0.2) is 29.8 Å². The summed E-state index contributed by atoms with van der Waals surface area (Å²) in [6.07, 6.45) is -1.72. The fourth-order valence-electron chi connectivity index (χ4n) is 1.91. The highest BCUT2D eigenvalue weighted by Crippen LogP contribution is 2.21. The Labute approximate surface area is 105 Å². The van der Waals surface area contributed by atoms with Gasteiger partial charge in [0, 0.05) is 6.54 Å². The molecule has 1 aliphatic rings. The smallest absolute Gasteiger partial charge is 0.411 e. The number of ether oxygens (including phenoxy) is 1. The van der Waals surface area contributed by atoms with Crippen LogP contribution in [0, 0.1) is 11.3 Å². The monoisotopic (exact) mass is 248 g/mol. The lowest BCUT2D eigenvalue weighted by molar-refractivity contribution is 0.0938. The molecule has 0 spiro atoms. The number of hydrogen-bond acceptors (Lipinski definition) is 3. The van der Waals surface area contributed by atoms with Gasteiger partial charge < -0.3 is 4.74 Å².